The van der Waals surface area contributed by atoms with Gasteiger partial charge >= 0.3 is 5.97 Å². The predicted molar refractivity (Wildman–Crippen MR) is 59.0 cm³/mol. The van der Waals surface area contributed by atoms with E-state index >= 15 is 0 Å². The molecule has 0 aliphatic carbocycles. The van der Waals surface area contributed by atoms with Gasteiger partial charge in [0.15, 0.2) is 0 Å². The van der Waals surface area contributed by atoms with Gasteiger partial charge < -0.3 is 4.74 Å². The number of rotatable bonds is 6. The van der Waals surface area contributed by atoms with E-state index in [1.807, 2.05) is 0 Å². The molecular weight excluding hydrogens is 176 g/mol. The standard InChI is InChI=1S/C12H22O2/c1-6-11(7-2)10(5)8-14-12(13)9(3)4/h10-11H,3,6-8H2,1-2,4-5H3. The molecule has 0 aliphatic rings. The Hall–Kier alpha value is -0.790. The van der Waals surface area contributed by atoms with E-state index in [-0.39, 0.29) is 5.97 Å². The Kier molecular flexibility index (Phi) is 6.26. The SMILES string of the molecule is C=C(C)C(=O)OCC(C)C(CC)CC. The lowest BCUT2D eigenvalue weighted by Gasteiger charge is -2.20. The topological polar surface area (TPSA) is 26.3 Å². The molecule has 2 heteroatoms. The molecule has 1 atom stereocenters. The highest BCUT2D eigenvalue weighted by atomic mass is 16.5. The van der Waals surface area contributed by atoms with E-state index in [0.29, 0.717) is 24.0 Å². The smallest absolute Gasteiger partial charge is 0.333 e. The molecule has 0 fully saturated rings. The van der Waals surface area contributed by atoms with Crippen molar-refractivity contribution in [1.82, 2.24) is 0 Å². The van der Waals surface area contributed by atoms with Crippen LogP contribution in [0.1, 0.15) is 40.5 Å². The first kappa shape index (κ1) is 13.2. The number of carbonyl (C=O) groups excluding carboxylic acids is 1. The Morgan fingerprint density at radius 1 is 1.36 bits per heavy atom. The summed E-state index contributed by atoms with van der Waals surface area (Å²) < 4.78 is 5.11. The average molecular weight is 198 g/mol. The van der Waals surface area contributed by atoms with E-state index in [1.54, 1.807) is 6.92 Å². The Balaban J connectivity index is 3.88. The van der Waals surface area contributed by atoms with Crippen LogP contribution in [0.2, 0.25) is 0 Å². The van der Waals surface area contributed by atoms with Gasteiger partial charge in [0.1, 0.15) is 0 Å². The average Bonchev–Trinajstić information content (AvgIpc) is 2.15. The molecule has 0 rings (SSSR count). The predicted octanol–water partition coefficient (Wildman–Crippen LogP) is 3.18. The molecule has 82 valence electrons. The summed E-state index contributed by atoms with van der Waals surface area (Å²) in [6.07, 6.45) is 2.28. The molecule has 0 amide bonds. The van der Waals surface area contributed by atoms with Crippen molar-refractivity contribution in [2.45, 2.75) is 40.5 Å². The van der Waals surface area contributed by atoms with Gasteiger partial charge in [0.05, 0.1) is 6.61 Å². The van der Waals surface area contributed by atoms with E-state index in [0.717, 1.165) is 12.8 Å². The fourth-order valence-electron chi connectivity index (χ4n) is 1.56. The second-order valence-electron chi connectivity index (χ2n) is 3.93. The van der Waals surface area contributed by atoms with Crippen molar-refractivity contribution >= 4 is 5.97 Å². The van der Waals surface area contributed by atoms with E-state index in [4.69, 9.17) is 4.74 Å². The largest absolute Gasteiger partial charge is 0.462 e. The third-order valence-electron chi connectivity index (χ3n) is 2.68. The summed E-state index contributed by atoms with van der Waals surface area (Å²) in [6, 6.07) is 0. The van der Waals surface area contributed by atoms with Gasteiger partial charge in [-0.15, -0.1) is 0 Å². The first-order valence-electron chi connectivity index (χ1n) is 5.35. The van der Waals surface area contributed by atoms with Crippen molar-refractivity contribution in [2.24, 2.45) is 11.8 Å². The monoisotopic (exact) mass is 198 g/mol. The van der Waals surface area contributed by atoms with Crippen LogP contribution in [-0.2, 0) is 9.53 Å². The molecule has 0 radical (unpaired) electrons. The number of esters is 1. The summed E-state index contributed by atoms with van der Waals surface area (Å²) in [6.45, 7) is 12.2. The molecule has 0 aliphatic heterocycles. The second kappa shape index (κ2) is 6.63. The molecule has 0 aromatic heterocycles. The minimum Gasteiger partial charge on any atom is -0.462 e. The van der Waals surface area contributed by atoms with Crippen LogP contribution in [0.4, 0.5) is 0 Å². The number of hydrogen-bond acceptors (Lipinski definition) is 2. The van der Waals surface area contributed by atoms with Crippen molar-refractivity contribution in [3.63, 3.8) is 0 Å². The molecule has 0 heterocycles. The van der Waals surface area contributed by atoms with Gasteiger partial charge in [0.2, 0.25) is 0 Å². The highest BCUT2D eigenvalue weighted by Crippen LogP contribution is 2.19. The minimum atomic E-state index is -0.275. The molecule has 0 saturated carbocycles. The summed E-state index contributed by atoms with van der Waals surface area (Å²) >= 11 is 0. The Morgan fingerprint density at radius 2 is 1.86 bits per heavy atom. The second-order valence-corrected chi connectivity index (χ2v) is 3.93. The number of hydrogen-bond donors (Lipinski definition) is 0. The third kappa shape index (κ3) is 4.45. The molecule has 0 bridgehead atoms. The normalized spacial score (nSPS) is 12.6. The fourth-order valence-corrected chi connectivity index (χ4v) is 1.56. The molecule has 2 nitrogen and oxygen atoms in total. The summed E-state index contributed by atoms with van der Waals surface area (Å²) in [5.74, 6) is 0.809. The van der Waals surface area contributed by atoms with Crippen molar-refractivity contribution < 1.29 is 9.53 Å². The van der Waals surface area contributed by atoms with Crippen LogP contribution < -0.4 is 0 Å². The van der Waals surface area contributed by atoms with Gasteiger partial charge in [-0.2, -0.15) is 0 Å². The van der Waals surface area contributed by atoms with E-state index in [1.165, 1.54) is 0 Å². The maximum Gasteiger partial charge on any atom is 0.333 e. The van der Waals surface area contributed by atoms with Gasteiger partial charge in [-0.25, -0.2) is 4.79 Å². The lowest BCUT2D eigenvalue weighted by Crippen LogP contribution is -2.19. The van der Waals surface area contributed by atoms with Crippen LogP contribution >= 0.6 is 0 Å². The number of ether oxygens (including phenoxy) is 1. The third-order valence-corrected chi connectivity index (χ3v) is 2.68. The van der Waals surface area contributed by atoms with E-state index in [9.17, 15) is 4.79 Å². The van der Waals surface area contributed by atoms with Gasteiger partial charge in [-0.1, -0.05) is 40.2 Å². The molecule has 0 N–H and O–H groups in total. The Morgan fingerprint density at radius 3 is 2.21 bits per heavy atom. The first-order chi connectivity index (χ1) is 6.52. The zero-order chi connectivity index (χ0) is 11.1. The summed E-state index contributed by atoms with van der Waals surface area (Å²) in [4.78, 5) is 11.1. The molecule has 1 unspecified atom stereocenters. The zero-order valence-electron chi connectivity index (χ0n) is 9.80. The van der Waals surface area contributed by atoms with Gasteiger partial charge in [0, 0.05) is 5.57 Å². The van der Waals surface area contributed by atoms with E-state index < -0.39 is 0 Å². The van der Waals surface area contributed by atoms with Crippen LogP contribution in [0.5, 0.6) is 0 Å². The van der Waals surface area contributed by atoms with Crippen LogP contribution in [-0.4, -0.2) is 12.6 Å². The van der Waals surface area contributed by atoms with Crippen molar-refractivity contribution in [1.29, 1.82) is 0 Å². The van der Waals surface area contributed by atoms with Crippen molar-refractivity contribution in [3.8, 4) is 0 Å². The molecule has 0 spiro atoms. The maximum atomic E-state index is 11.1. The van der Waals surface area contributed by atoms with Crippen LogP contribution in [0, 0.1) is 11.8 Å². The highest BCUT2D eigenvalue weighted by molar-refractivity contribution is 5.86. The molecular formula is C12H22O2. The summed E-state index contributed by atoms with van der Waals surface area (Å²) in [5.41, 5.74) is 0.474. The lowest BCUT2D eigenvalue weighted by atomic mass is 9.90. The van der Waals surface area contributed by atoms with Crippen LogP contribution in [0.3, 0.4) is 0 Å². The van der Waals surface area contributed by atoms with Crippen molar-refractivity contribution in [3.05, 3.63) is 12.2 Å². The quantitative estimate of drug-likeness (QED) is 0.484. The van der Waals surface area contributed by atoms with Crippen LogP contribution in [0.15, 0.2) is 12.2 Å². The summed E-state index contributed by atoms with van der Waals surface area (Å²) in [7, 11) is 0. The lowest BCUT2D eigenvalue weighted by molar-refractivity contribution is -0.140. The van der Waals surface area contributed by atoms with E-state index in [2.05, 4.69) is 27.4 Å². The van der Waals surface area contributed by atoms with Crippen molar-refractivity contribution in [2.75, 3.05) is 6.61 Å². The first-order valence-corrected chi connectivity index (χ1v) is 5.35. The van der Waals surface area contributed by atoms with Gasteiger partial charge in [-0.05, 0) is 18.8 Å². The maximum absolute atomic E-state index is 11.1. The fraction of sp³-hybridized carbons (Fsp3) is 0.750. The number of carbonyl (C=O) groups is 1. The van der Waals surface area contributed by atoms with Gasteiger partial charge in [-0.3, -0.25) is 0 Å². The van der Waals surface area contributed by atoms with Gasteiger partial charge in [0.25, 0.3) is 0 Å². The minimum absolute atomic E-state index is 0.275. The van der Waals surface area contributed by atoms with Crippen LogP contribution in [0.25, 0.3) is 0 Å². The zero-order valence-corrected chi connectivity index (χ0v) is 9.80. The molecule has 0 saturated heterocycles. The molecule has 14 heavy (non-hydrogen) atoms. The Bertz CT molecular complexity index is 192. The summed E-state index contributed by atoms with van der Waals surface area (Å²) in [5, 5.41) is 0. The highest BCUT2D eigenvalue weighted by Gasteiger charge is 2.15. The molecule has 0 aromatic carbocycles. The Labute approximate surface area is 87.3 Å². The molecule has 0 aromatic rings.